The Labute approximate surface area is 167 Å². The predicted octanol–water partition coefficient (Wildman–Crippen LogP) is 5.54. The van der Waals surface area contributed by atoms with E-state index >= 15 is 0 Å². The minimum atomic E-state index is -0.190. The largest absolute Gasteiger partial charge is 0.494 e. The average molecular weight is 395 g/mol. The van der Waals surface area contributed by atoms with Gasteiger partial charge in [-0.05, 0) is 66.9 Å². The highest BCUT2D eigenvalue weighted by Crippen LogP contribution is 2.25. The van der Waals surface area contributed by atoms with Crippen LogP contribution in [0.1, 0.15) is 29.4 Å². The second-order valence-corrected chi connectivity index (χ2v) is 6.93. The van der Waals surface area contributed by atoms with Crippen LogP contribution in [0.5, 0.6) is 17.2 Å². The maximum atomic E-state index is 12.0. The number of hydrogen-bond donors (Lipinski definition) is 1. The molecule has 0 saturated carbocycles. The molecule has 3 aromatic rings. The topological polar surface area (TPSA) is 64.6 Å². The summed E-state index contributed by atoms with van der Waals surface area (Å²) in [5.74, 6) is 1.96. The summed E-state index contributed by atoms with van der Waals surface area (Å²) in [6.45, 7) is 2.56. The summed E-state index contributed by atoms with van der Waals surface area (Å²) < 4.78 is 11.2. The van der Waals surface area contributed by atoms with Gasteiger partial charge in [-0.25, -0.2) is 0 Å². The van der Waals surface area contributed by atoms with Crippen molar-refractivity contribution in [3.8, 4) is 17.2 Å². The number of hydrogen-bond acceptors (Lipinski definition) is 5. The van der Waals surface area contributed by atoms with Crippen LogP contribution < -0.4 is 14.8 Å². The number of thiophene rings is 1. The lowest BCUT2D eigenvalue weighted by atomic mass is 10.2. The molecule has 28 heavy (non-hydrogen) atoms. The second-order valence-electron chi connectivity index (χ2n) is 5.98. The van der Waals surface area contributed by atoms with Gasteiger partial charge in [-0.2, -0.15) is 0 Å². The number of ether oxygens (including phenoxy) is 2. The van der Waals surface area contributed by atoms with Crippen LogP contribution in [-0.2, 0) is 4.79 Å². The Balaban J connectivity index is 1.48. The molecule has 3 rings (SSSR count). The van der Waals surface area contributed by atoms with E-state index in [0.29, 0.717) is 28.7 Å². The molecule has 0 spiro atoms. The highest BCUT2D eigenvalue weighted by atomic mass is 32.1. The van der Waals surface area contributed by atoms with E-state index in [1.165, 1.54) is 11.3 Å². The predicted molar refractivity (Wildman–Crippen MR) is 111 cm³/mol. The molecular weight excluding hydrogens is 374 g/mol. The van der Waals surface area contributed by atoms with Gasteiger partial charge in [0, 0.05) is 18.5 Å². The van der Waals surface area contributed by atoms with E-state index in [4.69, 9.17) is 9.47 Å². The third-order valence-electron chi connectivity index (χ3n) is 3.88. The van der Waals surface area contributed by atoms with Crippen LogP contribution in [0, 0.1) is 0 Å². The van der Waals surface area contributed by atoms with Gasteiger partial charge >= 0.3 is 0 Å². The number of amides is 1. The van der Waals surface area contributed by atoms with Crippen molar-refractivity contribution < 1.29 is 19.1 Å². The van der Waals surface area contributed by atoms with Crippen LogP contribution in [-0.4, -0.2) is 18.3 Å². The van der Waals surface area contributed by atoms with E-state index in [9.17, 15) is 9.59 Å². The summed E-state index contributed by atoms with van der Waals surface area (Å²) in [5, 5.41) is 4.65. The van der Waals surface area contributed by atoms with Crippen molar-refractivity contribution in [2.45, 2.75) is 19.8 Å². The molecule has 1 N–H and O–H groups in total. The number of benzene rings is 2. The molecule has 0 fully saturated rings. The minimum absolute atomic E-state index is 0.00995. The van der Waals surface area contributed by atoms with E-state index in [0.717, 1.165) is 5.75 Å². The molecule has 5 nitrogen and oxygen atoms in total. The molecule has 0 unspecified atom stereocenters. The van der Waals surface area contributed by atoms with E-state index in [1.807, 2.05) is 42.6 Å². The number of rotatable bonds is 9. The fraction of sp³-hybridized carbons (Fsp3) is 0.182. The summed E-state index contributed by atoms with van der Waals surface area (Å²) in [7, 11) is 0. The van der Waals surface area contributed by atoms with Crippen molar-refractivity contribution in [1.82, 2.24) is 0 Å². The summed E-state index contributed by atoms with van der Waals surface area (Å²) in [6.07, 6.45) is 0.354. The number of ketones is 1. The Bertz CT molecular complexity index is 903. The standard InChI is InChI=1S/C22H21NO4S/c1-2-26-17-9-11-19(12-10-17)27-18-7-5-16(6-8-18)23-22(25)14-13-20(24)21-4-3-15-28-21/h3-12,15H,2,13-14H2,1H3,(H,23,25). The van der Waals surface area contributed by atoms with E-state index < -0.39 is 0 Å². The zero-order valence-electron chi connectivity index (χ0n) is 15.5. The molecule has 144 valence electrons. The van der Waals surface area contributed by atoms with Gasteiger partial charge < -0.3 is 14.8 Å². The molecule has 0 aliphatic heterocycles. The Kier molecular flexibility index (Phi) is 6.81. The fourth-order valence-corrected chi connectivity index (χ4v) is 3.22. The summed E-state index contributed by atoms with van der Waals surface area (Å²) >= 11 is 1.39. The summed E-state index contributed by atoms with van der Waals surface area (Å²) in [6, 6.07) is 18.1. The Morgan fingerprint density at radius 3 is 2.14 bits per heavy atom. The van der Waals surface area contributed by atoms with Crippen LogP contribution in [0.25, 0.3) is 0 Å². The van der Waals surface area contributed by atoms with Crippen molar-refractivity contribution in [3.05, 3.63) is 70.9 Å². The number of carbonyl (C=O) groups is 2. The van der Waals surface area contributed by atoms with Crippen molar-refractivity contribution in [2.75, 3.05) is 11.9 Å². The molecule has 0 saturated heterocycles. The van der Waals surface area contributed by atoms with E-state index in [-0.39, 0.29) is 24.5 Å². The molecular formula is C22H21NO4S. The first-order valence-corrected chi connectivity index (χ1v) is 9.89. The van der Waals surface area contributed by atoms with Crippen molar-refractivity contribution in [3.63, 3.8) is 0 Å². The number of carbonyl (C=O) groups excluding carboxylic acids is 2. The molecule has 0 aliphatic rings. The molecule has 2 aromatic carbocycles. The SMILES string of the molecule is CCOc1ccc(Oc2ccc(NC(=O)CCC(=O)c3cccs3)cc2)cc1. The Morgan fingerprint density at radius 1 is 0.893 bits per heavy atom. The molecule has 0 atom stereocenters. The highest BCUT2D eigenvalue weighted by Gasteiger charge is 2.10. The van der Waals surface area contributed by atoms with Crippen LogP contribution in [0.2, 0.25) is 0 Å². The van der Waals surface area contributed by atoms with Crippen molar-refractivity contribution in [2.24, 2.45) is 0 Å². The van der Waals surface area contributed by atoms with Crippen molar-refractivity contribution >= 4 is 28.7 Å². The van der Waals surface area contributed by atoms with Gasteiger partial charge in [0.25, 0.3) is 0 Å². The second kappa shape index (κ2) is 9.71. The van der Waals surface area contributed by atoms with Gasteiger partial charge in [-0.1, -0.05) is 6.07 Å². The summed E-state index contributed by atoms with van der Waals surface area (Å²) in [5.41, 5.74) is 0.660. The maximum Gasteiger partial charge on any atom is 0.224 e. The zero-order chi connectivity index (χ0) is 19.8. The molecule has 0 radical (unpaired) electrons. The Morgan fingerprint density at radius 2 is 1.54 bits per heavy atom. The van der Waals surface area contributed by atoms with Gasteiger partial charge in [0.1, 0.15) is 17.2 Å². The minimum Gasteiger partial charge on any atom is -0.494 e. The molecule has 1 aromatic heterocycles. The Hall–Kier alpha value is -3.12. The molecule has 6 heteroatoms. The first-order chi connectivity index (χ1) is 13.6. The molecule has 1 amide bonds. The smallest absolute Gasteiger partial charge is 0.224 e. The first kappa shape index (κ1) is 19.6. The summed E-state index contributed by atoms with van der Waals surface area (Å²) in [4.78, 5) is 24.7. The fourth-order valence-electron chi connectivity index (χ4n) is 2.52. The average Bonchev–Trinajstić information content (AvgIpc) is 3.24. The number of anilines is 1. The van der Waals surface area contributed by atoms with Gasteiger partial charge in [-0.3, -0.25) is 9.59 Å². The number of Topliss-reactive ketones (excluding diaryl/α,β-unsaturated/α-hetero) is 1. The lowest BCUT2D eigenvalue weighted by Gasteiger charge is -2.09. The van der Waals surface area contributed by atoms with Crippen molar-refractivity contribution in [1.29, 1.82) is 0 Å². The van der Waals surface area contributed by atoms with Gasteiger partial charge in [-0.15, -0.1) is 11.3 Å². The normalized spacial score (nSPS) is 10.3. The third-order valence-corrected chi connectivity index (χ3v) is 4.79. The molecule has 0 bridgehead atoms. The highest BCUT2D eigenvalue weighted by molar-refractivity contribution is 7.12. The molecule has 1 heterocycles. The van der Waals surface area contributed by atoms with E-state index in [1.54, 1.807) is 30.3 Å². The third kappa shape index (κ3) is 5.69. The lowest BCUT2D eigenvalue weighted by Crippen LogP contribution is -2.13. The van der Waals surface area contributed by atoms with Crippen LogP contribution in [0.3, 0.4) is 0 Å². The van der Waals surface area contributed by atoms with Gasteiger partial charge in [0.05, 0.1) is 11.5 Å². The number of nitrogens with one attached hydrogen (secondary N) is 1. The first-order valence-electron chi connectivity index (χ1n) is 9.01. The maximum absolute atomic E-state index is 12.0. The quantitative estimate of drug-likeness (QED) is 0.483. The molecule has 0 aliphatic carbocycles. The van der Waals surface area contributed by atoms with Crippen LogP contribution in [0.15, 0.2) is 66.0 Å². The van der Waals surface area contributed by atoms with Gasteiger partial charge in [0.15, 0.2) is 5.78 Å². The van der Waals surface area contributed by atoms with Gasteiger partial charge in [0.2, 0.25) is 5.91 Å². The lowest BCUT2D eigenvalue weighted by molar-refractivity contribution is -0.116. The van der Waals surface area contributed by atoms with E-state index in [2.05, 4.69) is 5.32 Å². The zero-order valence-corrected chi connectivity index (χ0v) is 16.3. The van der Waals surface area contributed by atoms with Crippen LogP contribution in [0.4, 0.5) is 5.69 Å². The van der Waals surface area contributed by atoms with Crippen LogP contribution >= 0.6 is 11.3 Å². The monoisotopic (exact) mass is 395 g/mol.